The van der Waals surface area contributed by atoms with Crippen LogP contribution in [0.15, 0.2) is 18.2 Å². The van der Waals surface area contributed by atoms with Crippen molar-refractivity contribution in [2.75, 3.05) is 18.4 Å². The molecule has 1 aromatic rings. The Morgan fingerprint density at radius 2 is 2.28 bits per heavy atom. The molecule has 0 bridgehead atoms. The van der Waals surface area contributed by atoms with Crippen molar-refractivity contribution in [2.24, 2.45) is 5.92 Å². The molecule has 1 saturated heterocycles. The summed E-state index contributed by atoms with van der Waals surface area (Å²) in [5, 5.41) is 16.1. The zero-order valence-electron chi connectivity index (χ0n) is 9.48. The minimum Gasteiger partial charge on any atom is -0.320 e. The molecule has 2 N–H and O–H groups in total. The first-order chi connectivity index (χ1) is 8.56. The minimum absolute atomic E-state index is 0.0997. The van der Waals surface area contributed by atoms with Crippen LogP contribution >= 0.6 is 0 Å². The van der Waals surface area contributed by atoms with E-state index in [1.807, 2.05) is 0 Å². The van der Waals surface area contributed by atoms with Crippen LogP contribution in [-0.4, -0.2) is 23.9 Å². The third-order valence-corrected chi connectivity index (χ3v) is 2.77. The van der Waals surface area contributed by atoms with E-state index < -0.39 is 10.7 Å². The Labute approximate surface area is 102 Å². The summed E-state index contributed by atoms with van der Waals surface area (Å²) in [5.41, 5.74) is -0.409. The number of carbonyl (C=O) groups is 1. The summed E-state index contributed by atoms with van der Waals surface area (Å²) in [4.78, 5) is 21.7. The van der Waals surface area contributed by atoms with Crippen LogP contribution in [0.25, 0.3) is 0 Å². The van der Waals surface area contributed by atoms with Gasteiger partial charge in [0.2, 0.25) is 5.91 Å². The predicted molar refractivity (Wildman–Crippen MR) is 62.7 cm³/mol. The van der Waals surface area contributed by atoms with Gasteiger partial charge in [0.15, 0.2) is 0 Å². The lowest BCUT2D eigenvalue weighted by Crippen LogP contribution is -2.43. The average molecular weight is 253 g/mol. The Bertz CT molecular complexity index is 488. The van der Waals surface area contributed by atoms with Crippen LogP contribution in [0.3, 0.4) is 0 Å². The number of rotatable bonds is 4. The van der Waals surface area contributed by atoms with Gasteiger partial charge in [0.05, 0.1) is 4.92 Å². The van der Waals surface area contributed by atoms with Crippen LogP contribution < -0.4 is 10.6 Å². The lowest BCUT2D eigenvalue weighted by molar-refractivity contribution is -0.384. The smallest absolute Gasteiger partial charge is 0.292 e. The summed E-state index contributed by atoms with van der Waals surface area (Å²) in [6.07, 6.45) is 0.278. The van der Waals surface area contributed by atoms with Crippen molar-refractivity contribution in [1.29, 1.82) is 0 Å². The highest BCUT2D eigenvalue weighted by atomic mass is 19.1. The molecule has 1 fully saturated rings. The van der Waals surface area contributed by atoms with Gasteiger partial charge in [-0.1, -0.05) is 0 Å². The first-order valence-corrected chi connectivity index (χ1v) is 5.51. The van der Waals surface area contributed by atoms with Crippen molar-refractivity contribution in [1.82, 2.24) is 5.32 Å². The zero-order chi connectivity index (χ0) is 13.1. The van der Waals surface area contributed by atoms with Gasteiger partial charge in [-0.15, -0.1) is 0 Å². The molecule has 1 aliphatic rings. The molecule has 0 aliphatic carbocycles. The Morgan fingerprint density at radius 1 is 1.56 bits per heavy atom. The number of carbonyl (C=O) groups excluding carboxylic acids is 1. The summed E-state index contributed by atoms with van der Waals surface area (Å²) < 4.78 is 13.0. The predicted octanol–water partition coefficient (Wildman–Crippen LogP) is 1.28. The highest BCUT2D eigenvalue weighted by Crippen LogP contribution is 2.25. The molecule has 96 valence electrons. The monoisotopic (exact) mass is 253 g/mol. The van der Waals surface area contributed by atoms with Crippen molar-refractivity contribution in [3.8, 4) is 0 Å². The van der Waals surface area contributed by atoms with E-state index in [1.165, 1.54) is 0 Å². The molecular weight excluding hydrogens is 241 g/mol. The van der Waals surface area contributed by atoms with Crippen LogP contribution in [-0.2, 0) is 4.79 Å². The number of halogens is 1. The standard InChI is InChI=1S/C11H12FN3O3/c12-8-1-2-10(15(17)18)9(4-8)14-11(16)3-7-5-13-6-7/h1-2,4,7,13H,3,5-6H2,(H,14,16). The highest BCUT2D eigenvalue weighted by Gasteiger charge is 2.22. The highest BCUT2D eigenvalue weighted by molar-refractivity contribution is 5.93. The third-order valence-electron chi connectivity index (χ3n) is 2.77. The molecule has 0 aromatic heterocycles. The van der Waals surface area contributed by atoms with E-state index in [9.17, 15) is 19.3 Å². The van der Waals surface area contributed by atoms with Crippen LogP contribution in [0, 0.1) is 21.8 Å². The van der Waals surface area contributed by atoms with E-state index in [2.05, 4.69) is 10.6 Å². The molecule has 0 atom stereocenters. The van der Waals surface area contributed by atoms with Gasteiger partial charge >= 0.3 is 0 Å². The maximum atomic E-state index is 13.0. The van der Waals surface area contributed by atoms with Crippen molar-refractivity contribution in [3.05, 3.63) is 34.1 Å². The SMILES string of the molecule is O=C(CC1CNC1)Nc1cc(F)ccc1[N+](=O)[O-]. The first-order valence-electron chi connectivity index (χ1n) is 5.51. The second-order valence-electron chi connectivity index (χ2n) is 4.20. The molecular formula is C11H12FN3O3. The third kappa shape index (κ3) is 2.80. The Morgan fingerprint density at radius 3 is 2.83 bits per heavy atom. The molecule has 1 aliphatic heterocycles. The molecule has 1 aromatic carbocycles. The number of benzene rings is 1. The maximum absolute atomic E-state index is 13.0. The normalized spacial score (nSPS) is 14.9. The molecule has 1 heterocycles. The first kappa shape index (κ1) is 12.4. The summed E-state index contributed by atoms with van der Waals surface area (Å²) in [5.74, 6) is -0.714. The lowest BCUT2D eigenvalue weighted by Gasteiger charge is -2.26. The van der Waals surface area contributed by atoms with Gasteiger partial charge < -0.3 is 10.6 Å². The summed E-state index contributed by atoms with van der Waals surface area (Å²) >= 11 is 0. The van der Waals surface area contributed by atoms with Crippen molar-refractivity contribution < 1.29 is 14.1 Å². The molecule has 0 saturated carbocycles. The van der Waals surface area contributed by atoms with Gasteiger partial charge in [-0.05, 0) is 25.1 Å². The van der Waals surface area contributed by atoms with Gasteiger partial charge in [0.25, 0.3) is 5.69 Å². The number of nitrogens with one attached hydrogen (secondary N) is 2. The Kier molecular flexibility index (Phi) is 3.52. The number of amides is 1. The number of nitro benzene ring substituents is 1. The molecule has 0 radical (unpaired) electrons. The number of nitro groups is 1. The number of nitrogens with zero attached hydrogens (tertiary/aromatic N) is 1. The molecule has 6 nitrogen and oxygen atoms in total. The molecule has 0 unspecified atom stereocenters. The van der Waals surface area contributed by atoms with Crippen LogP contribution in [0.4, 0.5) is 15.8 Å². The Hall–Kier alpha value is -2.02. The topological polar surface area (TPSA) is 84.3 Å². The van der Waals surface area contributed by atoms with E-state index >= 15 is 0 Å². The maximum Gasteiger partial charge on any atom is 0.292 e. The quantitative estimate of drug-likeness (QED) is 0.625. The number of anilines is 1. The average Bonchev–Trinajstić information content (AvgIpc) is 2.23. The zero-order valence-corrected chi connectivity index (χ0v) is 9.48. The fraction of sp³-hybridized carbons (Fsp3) is 0.364. The van der Waals surface area contributed by atoms with Crippen LogP contribution in [0.1, 0.15) is 6.42 Å². The van der Waals surface area contributed by atoms with E-state index in [0.717, 1.165) is 31.3 Å². The minimum atomic E-state index is -0.653. The second-order valence-corrected chi connectivity index (χ2v) is 4.20. The van der Waals surface area contributed by atoms with Crippen LogP contribution in [0.2, 0.25) is 0 Å². The van der Waals surface area contributed by atoms with Crippen LogP contribution in [0.5, 0.6) is 0 Å². The van der Waals surface area contributed by atoms with E-state index in [1.54, 1.807) is 0 Å². The number of hydrogen-bond donors (Lipinski definition) is 2. The summed E-state index contributed by atoms with van der Waals surface area (Å²) in [6, 6.07) is 2.98. The largest absolute Gasteiger partial charge is 0.320 e. The van der Waals surface area contributed by atoms with Gasteiger partial charge in [-0.25, -0.2) is 4.39 Å². The second kappa shape index (κ2) is 5.09. The van der Waals surface area contributed by atoms with Gasteiger partial charge in [0.1, 0.15) is 11.5 Å². The molecule has 0 spiro atoms. The Balaban J connectivity index is 2.08. The number of hydrogen-bond acceptors (Lipinski definition) is 4. The summed E-state index contributed by atoms with van der Waals surface area (Å²) in [7, 11) is 0. The fourth-order valence-electron chi connectivity index (χ4n) is 1.72. The lowest BCUT2D eigenvalue weighted by atomic mass is 9.99. The van der Waals surface area contributed by atoms with Gasteiger partial charge in [-0.2, -0.15) is 0 Å². The van der Waals surface area contributed by atoms with Gasteiger partial charge in [-0.3, -0.25) is 14.9 Å². The van der Waals surface area contributed by atoms with E-state index in [-0.39, 0.29) is 29.6 Å². The van der Waals surface area contributed by atoms with E-state index in [4.69, 9.17) is 0 Å². The van der Waals surface area contributed by atoms with Crippen molar-refractivity contribution in [3.63, 3.8) is 0 Å². The summed E-state index contributed by atoms with van der Waals surface area (Å²) in [6.45, 7) is 1.53. The molecule has 2 rings (SSSR count). The van der Waals surface area contributed by atoms with Crippen molar-refractivity contribution >= 4 is 17.3 Å². The molecule has 1 amide bonds. The fourth-order valence-corrected chi connectivity index (χ4v) is 1.72. The van der Waals surface area contributed by atoms with E-state index in [0.29, 0.717) is 0 Å². The molecule has 18 heavy (non-hydrogen) atoms. The van der Waals surface area contributed by atoms with Crippen molar-refractivity contribution in [2.45, 2.75) is 6.42 Å². The van der Waals surface area contributed by atoms with Gasteiger partial charge in [0, 0.05) is 18.6 Å². The molecule has 7 heteroatoms.